The fourth-order valence-corrected chi connectivity index (χ4v) is 3.89. The average Bonchev–Trinajstić information content (AvgIpc) is 3.30. The molecule has 6 nitrogen and oxygen atoms in total. The summed E-state index contributed by atoms with van der Waals surface area (Å²) in [6.07, 6.45) is 3.82. The van der Waals surface area contributed by atoms with Gasteiger partial charge in [0, 0.05) is 11.9 Å². The van der Waals surface area contributed by atoms with Crippen molar-refractivity contribution in [2.24, 2.45) is 4.99 Å². The summed E-state index contributed by atoms with van der Waals surface area (Å²) in [5, 5.41) is 7.39. The van der Waals surface area contributed by atoms with Crippen LogP contribution in [0.15, 0.2) is 65.8 Å². The van der Waals surface area contributed by atoms with Gasteiger partial charge in [-0.2, -0.15) is 5.10 Å². The molecule has 1 aromatic heterocycles. The fourth-order valence-electron chi connectivity index (χ4n) is 3.71. The lowest BCUT2D eigenvalue weighted by atomic mass is 9.92. The lowest BCUT2D eigenvalue weighted by Crippen LogP contribution is -2.34. The maximum atomic E-state index is 5.34. The van der Waals surface area contributed by atoms with Crippen LogP contribution in [-0.2, 0) is 0 Å². The summed E-state index contributed by atoms with van der Waals surface area (Å²) in [6, 6.07) is 18.3. The molecule has 2 atom stereocenters. The third-order valence-corrected chi connectivity index (χ3v) is 5.31. The van der Waals surface area contributed by atoms with E-state index >= 15 is 0 Å². The van der Waals surface area contributed by atoms with Crippen LogP contribution in [0.3, 0.4) is 0 Å². The summed E-state index contributed by atoms with van der Waals surface area (Å²) >= 11 is 5.34. The number of aromatic nitrogens is 3. The molecule has 0 fully saturated rings. The first-order valence-corrected chi connectivity index (χ1v) is 9.07. The molecule has 2 aliphatic rings. The number of fused-ring (bicyclic) bond motifs is 3. The van der Waals surface area contributed by atoms with E-state index in [4.69, 9.17) is 21.9 Å². The average molecular weight is 375 g/mol. The van der Waals surface area contributed by atoms with Crippen molar-refractivity contribution in [3.05, 3.63) is 77.0 Å². The number of anilines is 1. The van der Waals surface area contributed by atoms with Crippen LogP contribution in [0, 0.1) is 4.77 Å². The Balaban J connectivity index is 1.65. The zero-order chi connectivity index (χ0) is 18.4. The molecule has 27 heavy (non-hydrogen) atoms. The summed E-state index contributed by atoms with van der Waals surface area (Å²) in [5.41, 5.74) is 3.38. The van der Waals surface area contributed by atoms with Gasteiger partial charge in [-0.3, -0.25) is 9.67 Å². The molecule has 0 amide bonds. The predicted molar refractivity (Wildman–Crippen MR) is 108 cm³/mol. The van der Waals surface area contributed by atoms with Gasteiger partial charge in [0.2, 0.25) is 4.77 Å². The van der Waals surface area contributed by atoms with E-state index in [-0.39, 0.29) is 12.1 Å². The molecule has 1 N–H and O–H groups in total. The van der Waals surface area contributed by atoms with Crippen LogP contribution in [-0.4, -0.2) is 34.4 Å². The maximum Gasteiger partial charge on any atom is 0.200 e. The molecule has 0 radical (unpaired) electrons. The lowest BCUT2D eigenvalue weighted by molar-refractivity contribution is 0.415. The smallest absolute Gasteiger partial charge is 0.200 e. The first-order chi connectivity index (χ1) is 13.3. The Morgan fingerprint density at radius 3 is 2.59 bits per heavy atom. The van der Waals surface area contributed by atoms with Crippen molar-refractivity contribution in [2.75, 3.05) is 12.0 Å². The Morgan fingerprint density at radius 1 is 1.07 bits per heavy atom. The summed E-state index contributed by atoms with van der Waals surface area (Å²) in [6.45, 7) is 0. The van der Waals surface area contributed by atoms with E-state index < -0.39 is 0 Å². The van der Waals surface area contributed by atoms with Gasteiger partial charge in [0.25, 0.3) is 0 Å². The number of aromatic amines is 1. The van der Waals surface area contributed by atoms with Crippen molar-refractivity contribution in [1.29, 1.82) is 0 Å². The SMILES string of the molecule is COc1ccc(N2C=C(c3ccccc3)C3c4n[nH]c(=S)n4C=NC32)cc1. The van der Waals surface area contributed by atoms with Gasteiger partial charge in [-0.1, -0.05) is 30.3 Å². The second-order valence-electron chi connectivity index (χ2n) is 6.47. The van der Waals surface area contributed by atoms with Crippen molar-refractivity contribution in [2.45, 2.75) is 12.1 Å². The molecule has 3 heterocycles. The molecule has 0 saturated heterocycles. The van der Waals surface area contributed by atoms with Crippen molar-refractivity contribution in [3.63, 3.8) is 0 Å². The van der Waals surface area contributed by atoms with E-state index in [2.05, 4.69) is 33.4 Å². The number of aliphatic imine (C=N–C) groups is 1. The van der Waals surface area contributed by atoms with Crippen LogP contribution >= 0.6 is 12.2 Å². The second-order valence-corrected chi connectivity index (χ2v) is 6.86. The first kappa shape index (κ1) is 16.0. The summed E-state index contributed by atoms with van der Waals surface area (Å²) in [5.74, 6) is 1.70. The molecular formula is C20H17N5OS. The van der Waals surface area contributed by atoms with Crippen LogP contribution < -0.4 is 9.64 Å². The molecule has 0 aliphatic carbocycles. The normalized spacial score (nSPS) is 20.2. The summed E-state index contributed by atoms with van der Waals surface area (Å²) < 4.78 is 7.70. The summed E-state index contributed by atoms with van der Waals surface area (Å²) in [4.78, 5) is 6.98. The monoisotopic (exact) mass is 375 g/mol. The molecule has 134 valence electrons. The predicted octanol–water partition coefficient (Wildman–Crippen LogP) is 3.81. The van der Waals surface area contributed by atoms with Crippen LogP contribution in [0.1, 0.15) is 17.3 Å². The molecule has 0 bridgehead atoms. The van der Waals surface area contributed by atoms with Crippen LogP contribution in [0.25, 0.3) is 5.57 Å². The van der Waals surface area contributed by atoms with E-state index in [1.165, 1.54) is 5.57 Å². The number of H-pyrrole nitrogens is 1. The molecule has 5 rings (SSSR count). The molecule has 3 aromatic rings. The highest BCUT2D eigenvalue weighted by atomic mass is 32.1. The van der Waals surface area contributed by atoms with E-state index in [9.17, 15) is 0 Å². The van der Waals surface area contributed by atoms with Crippen LogP contribution in [0.4, 0.5) is 5.69 Å². The molecule has 2 aliphatic heterocycles. The van der Waals surface area contributed by atoms with E-state index in [0.717, 1.165) is 22.8 Å². The van der Waals surface area contributed by atoms with Gasteiger partial charge in [-0.15, -0.1) is 0 Å². The second kappa shape index (κ2) is 6.21. The Hall–Kier alpha value is -3.19. The topological polar surface area (TPSA) is 58.4 Å². The van der Waals surface area contributed by atoms with Gasteiger partial charge in [-0.25, -0.2) is 4.99 Å². The highest BCUT2D eigenvalue weighted by Gasteiger charge is 2.42. The van der Waals surface area contributed by atoms with Gasteiger partial charge in [0.1, 0.15) is 17.7 Å². The quantitative estimate of drug-likeness (QED) is 0.707. The maximum absolute atomic E-state index is 5.34. The summed E-state index contributed by atoms with van der Waals surface area (Å²) in [7, 11) is 1.67. The van der Waals surface area contributed by atoms with Crippen molar-refractivity contribution >= 4 is 29.8 Å². The minimum absolute atomic E-state index is 0.00699. The molecule has 0 saturated carbocycles. The number of ether oxygens (including phenoxy) is 1. The first-order valence-electron chi connectivity index (χ1n) is 8.66. The fraction of sp³-hybridized carbons (Fsp3) is 0.150. The number of nitrogens with one attached hydrogen (secondary N) is 1. The number of hydrogen-bond acceptors (Lipinski definition) is 5. The van der Waals surface area contributed by atoms with Crippen LogP contribution in [0.2, 0.25) is 0 Å². The van der Waals surface area contributed by atoms with Crippen molar-refractivity contribution in [1.82, 2.24) is 14.8 Å². The highest BCUT2D eigenvalue weighted by Crippen LogP contribution is 2.45. The third kappa shape index (κ3) is 2.50. The standard InChI is InChI=1S/C20H17N5OS/c1-26-15-9-7-14(8-10-15)24-11-16(13-5-3-2-4-6-13)17-18(24)21-12-25-19(17)22-23-20(25)27/h2-12,17-18H,1H3,(H,23,27). The molecule has 2 aromatic carbocycles. The van der Waals surface area contributed by atoms with Gasteiger partial charge in [-0.05, 0) is 47.6 Å². The van der Waals surface area contributed by atoms with E-state index in [1.807, 2.05) is 47.0 Å². The third-order valence-electron chi connectivity index (χ3n) is 5.02. The zero-order valence-electron chi connectivity index (χ0n) is 14.6. The minimum Gasteiger partial charge on any atom is -0.497 e. The molecular weight excluding hydrogens is 358 g/mol. The number of hydrogen-bond donors (Lipinski definition) is 1. The van der Waals surface area contributed by atoms with Gasteiger partial charge >= 0.3 is 0 Å². The van der Waals surface area contributed by atoms with Gasteiger partial charge in [0.05, 0.1) is 19.4 Å². The lowest BCUT2D eigenvalue weighted by Gasteiger charge is -2.29. The molecule has 7 heteroatoms. The number of methoxy groups -OCH3 is 1. The Morgan fingerprint density at radius 2 is 1.85 bits per heavy atom. The molecule has 2 unspecified atom stereocenters. The Labute approximate surface area is 161 Å². The Kier molecular flexibility index (Phi) is 3.68. The van der Waals surface area contributed by atoms with Crippen molar-refractivity contribution in [3.8, 4) is 5.75 Å². The highest BCUT2D eigenvalue weighted by molar-refractivity contribution is 7.71. The minimum atomic E-state index is -0.105. The number of nitrogens with zero attached hydrogens (tertiary/aromatic N) is 4. The van der Waals surface area contributed by atoms with E-state index in [1.54, 1.807) is 13.4 Å². The van der Waals surface area contributed by atoms with Crippen LogP contribution in [0.5, 0.6) is 5.75 Å². The Bertz CT molecular complexity index is 1100. The zero-order valence-corrected chi connectivity index (χ0v) is 15.4. The van der Waals surface area contributed by atoms with Gasteiger partial charge in [0.15, 0.2) is 0 Å². The van der Waals surface area contributed by atoms with Gasteiger partial charge < -0.3 is 9.64 Å². The number of rotatable bonds is 3. The molecule has 0 spiro atoms. The van der Waals surface area contributed by atoms with E-state index in [0.29, 0.717) is 4.77 Å². The number of benzene rings is 2. The largest absolute Gasteiger partial charge is 0.497 e. The van der Waals surface area contributed by atoms with Crippen molar-refractivity contribution < 1.29 is 4.74 Å².